The third-order valence-electron chi connectivity index (χ3n) is 1.91. The third-order valence-corrected chi connectivity index (χ3v) is 1.91. The zero-order valence-electron chi connectivity index (χ0n) is 8.40. The van der Waals surface area contributed by atoms with Crippen molar-refractivity contribution in [3.63, 3.8) is 0 Å². The fraction of sp³-hybridized carbons (Fsp3) is 0.400. The molecule has 1 rings (SSSR count). The smallest absolute Gasteiger partial charge is 0.137 e. The van der Waals surface area contributed by atoms with Gasteiger partial charge in [-0.25, -0.2) is 4.98 Å². The summed E-state index contributed by atoms with van der Waals surface area (Å²) in [5.74, 6) is 1.59. The number of pyridine rings is 1. The quantitative estimate of drug-likeness (QED) is 0.722. The van der Waals surface area contributed by atoms with E-state index in [-0.39, 0.29) is 0 Å². The van der Waals surface area contributed by atoms with Gasteiger partial charge in [0.2, 0.25) is 0 Å². The van der Waals surface area contributed by atoms with Gasteiger partial charge in [-0.05, 0) is 12.1 Å². The van der Waals surface area contributed by atoms with Crippen molar-refractivity contribution < 1.29 is 4.74 Å². The van der Waals surface area contributed by atoms with E-state index < -0.39 is 0 Å². The Morgan fingerprint density at radius 1 is 1.57 bits per heavy atom. The molecule has 0 saturated carbocycles. The van der Waals surface area contributed by atoms with Crippen molar-refractivity contribution in [3.8, 4) is 11.8 Å². The minimum atomic E-state index is 0.504. The number of hydrogen-bond donors (Lipinski definition) is 0. The summed E-state index contributed by atoms with van der Waals surface area (Å²) < 4.78 is 5.00. The Morgan fingerprint density at radius 2 is 2.36 bits per heavy atom. The number of ether oxygens (including phenoxy) is 1. The Morgan fingerprint density at radius 3 is 2.86 bits per heavy atom. The van der Waals surface area contributed by atoms with Crippen LogP contribution in [0.1, 0.15) is 6.42 Å². The molecule has 0 saturated heterocycles. The number of rotatable bonds is 4. The molecule has 14 heavy (non-hydrogen) atoms. The highest BCUT2D eigenvalue weighted by molar-refractivity contribution is 5.39. The number of nitrogens with zero attached hydrogens (tertiary/aromatic N) is 3. The molecule has 0 spiro atoms. The Kier molecular flexibility index (Phi) is 3.74. The van der Waals surface area contributed by atoms with Crippen LogP contribution in [0.4, 0.5) is 5.82 Å². The lowest BCUT2D eigenvalue weighted by Crippen LogP contribution is -2.18. The minimum absolute atomic E-state index is 0.504. The van der Waals surface area contributed by atoms with E-state index in [0.717, 1.165) is 11.6 Å². The van der Waals surface area contributed by atoms with Crippen LogP contribution in [0.3, 0.4) is 0 Å². The summed E-state index contributed by atoms with van der Waals surface area (Å²) in [7, 11) is 3.52. The average Bonchev–Trinajstić information content (AvgIpc) is 2.26. The molecule has 0 bridgehead atoms. The van der Waals surface area contributed by atoms with Crippen LogP contribution in [0.5, 0.6) is 5.75 Å². The third kappa shape index (κ3) is 2.63. The minimum Gasteiger partial charge on any atom is -0.495 e. The summed E-state index contributed by atoms with van der Waals surface area (Å²) >= 11 is 0. The summed E-state index contributed by atoms with van der Waals surface area (Å²) in [5, 5.41) is 8.43. The van der Waals surface area contributed by atoms with Crippen molar-refractivity contribution in [3.05, 3.63) is 18.3 Å². The van der Waals surface area contributed by atoms with Crippen LogP contribution in [-0.2, 0) is 0 Å². The van der Waals surface area contributed by atoms with Gasteiger partial charge in [0.25, 0.3) is 0 Å². The number of nitriles is 1. The Hall–Kier alpha value is -1.76. The second-order valence-corrected chi connectivity index (χ2v) is 2.89. The first kappa shape index (κ1) is 10.3. The molecule has 0 aliphatic carbocycles. The van der Waals surface area contributed by atoms with E-state index in [0.29, 0.717) is 13.0 Å². The molecule has 1 heterocycles. The van der Waals surface area contributed by atoms with Crippen LogP contribution in [0.15, 0.2) is 18.3 Å². The maximum absolute atomic E-state index is 8.43. The van der Waals surface area contributed by atoms with E-state index in [9.17, 15) is 0 Å². The van der Waals surface area contributed by atoms with Crippen LogP contribution in [0, 0.1) is 11.3 Å². The van der Waals surface area contributed by atoms with Gasteiger partial charge in [-0.3, -0.25) is 0 Å². The summed E-state index contributed by atoms with van der Waals surface area (Å²) in [6.07, 6.45) is 2.17. The lowest BCUT2D eigenvalue weighted by atomic mass is 10.4. The molecular weight excluding hydrogens is 178 g/mol. The van der Waals surface area contributed by atoms with Gasteiger partial charge in [-0.2, -0.15) is 5.26 Å². The van der Waals surface area contributed by atoms with Crippen LogP contribution >= 0.6 is 0 Å². The predicted octanol–water partition coefficient (Wildman–Crippen LogP) is 1.44. The van der Waals surface area contributed by atoms with E-state index in [4.69, 9.17) is 10.00 Å². The Bertz CT molecular complexity index is 315. The van der Waals surface area contributed by atoms with Gasteiger partial charge in [0.05, 0.1) is 25.8 Å². The van der Waals surface area contributed by atoms with E-state index >= 15 is 0 Å². The number of anilines is 1. The predicted molar refractivity (Wildman–Crippen MR) is 54.3 cm³/mol. The summed E-state index contributed by atoms with van der Waals surface area (Å²) in [5.41, 5.74) is 0. The van der Waals surface area contributed by atoms with Gasteiger partial charge < -0.3 is 9.64 Å². The van der Waals surface area contributed by atoms with Gasteiger partial charge in [-0.1, -0.05) is 0 Å². The molecule has 74 valence electrons. The second kappa shape index (κ2) is 5.07. The summed E-state index contributed by atoms with van der Waals surface area (Å²) in [6, 6.07) is 5.82. The zero-order valence-corrected chi connectivity index (χ0v) is 8.40. The lowest BCUT2D eigenvalue weighted by Gasteiger charge is -2.16. The molecule has 0 fully saturated rings. The van der Waals surface area contributed by atoms with Crippen molar-refractivity contribution in [1.29, 1.82) is 5.26 Å². The molecule has 0 amide bonds. The van der Waals surface area contributed by atoms with Crippen molar-refractivity contribution in [2.75, 3.05) is 25.6 Å². The molecule has 4 nitrogen and oxygen atoms in total. The highest BCUT2D eigenvalue weighted by Gasteiger charge is 2.01. The molecule has 1 aromatic heterocycles. The average molecular weight is 191 g/mol. The van der Waals surface area contributed by atoms with E-state index in [1.807, 2.05) is 24.1 Å². The van der Waals surface area contributed by atoms with Crippen molar-refractivity contribution >= 4 is 5.82 Å². The fourth-order valence-corrected chi connectivity index (χ4v) is 1.05. The van der Waals surface area contributed by atoms with Gasteiger partial charge in [-0.15, -0.1) is 0 Å². The fourth-order valence-electron chi connectivity index (χ4n) is 1.05. The normalized spacial score (nSPS) is 9.21. The maximum atomic E-state index is 8.43. The van der Waals surface area contributed by atoms with E-state index in [1.165, 1.54) is 0 Å². The molecule has 0 unspecified atom stereocenters. The van der Waals surface area contributed by atoms with Crippen molar-refractivity contribution in [2.45, 2.75) is 6.42 Å². The molecule has 1 aromatic rings. The molecule has 0 radical (unpaired) electrons. The first-order valence-corrected chi connectivity index (χ1v) is 4.36. The largest absolute Gasteiger partial charge is 0.495 e. The monoisotopic (exact) mass is 191 g/mol. The lowest BCUT2D eigenvalue weighted by molar-refractivity contribution is 0.413. The van der Waals surface area contributed by atoms with Gasteiger partial charge >= 0.3 is 0 Å². The number of methoxy groups -OCH3 is 1. The zero-order chi connectivity index (χ0) is 10.4. The van der Waals surface area contributed by atoms with Crippen LogP contribution < -0.4 is 9.64 Å². The van der Waals surface area contributed by atoms with Crippen LogP contribution in [-0.4, -0.2) is 25.7 Å². The molecule has 0 aliphatic rings. The van der Waals surface area contributed by atoms with Gasteiger partial charge in [0, 0.05) is 13.6 Å². The first-order chi connectivity index (χ1) is 6.77. The van der Waals surface area contributed by atoms with Crippen LogP contribution in [0.2, 0.25) is 0 Å². The first-order valence-electron chi connectivity index (χ1n) is 4.36. The molecule has 4 heteroatoms. The summed E-state index contributed by atoms with van der Waals surface area (Å²) in [6.45, 7) is 0.690. The molecule has 0 aromatic carbocycles. The van der Waals surface area contributed by atoms with E-state index in [1.54, 1.807) is 13.3 Å². The Labute approximate surface area is 83.7 Å². The topological polar surface area (TPSA) is 49.1 Å². The molecule has 0 atom stereocenters. The Balaban J connectivity index is 2.62. The van der Waals surface area contributed by atoms with Crippen molar-refractivity contribution in [1.82, 2.24) is 4.98 Å². The molecule has 0 aliphatic heterocycles. The van der Waals surface area contributed by atoms with Gasteiger partial charge in [0.1, 0.15) is 11.6 Å². The van der Waals surface area contributed by atoms with Gasteiger partial charge in [0.15, 0.2) is 0 Å². The van der Waals surface area contributed by atoms with Crippen LogP contribution in [0.25, 0.3) is 0 Å². The second-order valence-electron chi connectivity index (χ2n) is 2.89. The highest BCUT2D eigenvalue weighted by atomic mass is 16.5. The van der Waals surface area contributed by atoms with E-state index in [2.05, 4.69) is 11.1 Å². The standard InChI is InChI=1S/C10H13N3O/c1-13(7-3-6-11)10-5-4-9(14-2)8-12-10/h4-5,8H,3,7H2,1-2H3. The van der Waals surface area contributed by atoms with Crippen molar-refractivity contribution in [2.24, 2.45) is 0 Å². The molecular formula is C10H13N3O. The number of hydrogen-bond acceptors (Lipinski definition) is 4. The highest BCUT2D eigenvalue weighted by Crippen LogP contribution is 2.13. The summed E-state index contributed by atoms with van der Waals surface area (Å²) in [4.78, 5) is 6.13. The number of aromatic nitrogens is 1. The molecule has 0 N–H and O–H groups in total. The SMILES string of the molecule is COc1ccc(N(C)CCC#N)nc1. The maximum Gasteiger partial charge on any atom is 0.137 e.